The summed E-state index contributed by atoms with van der Waals surface area (Å²) in [5.41, 5.74) is 1.36. The van der Waals surface area contributed by atoms with Gasteiger partial charge in [0.05, 0.1) is 0 Å². The van der Waals surface area contributed by atoms with Crippen molar-refractivity contribution in [2.75, 3.05) is 6.54 Å². The fourth-order valence-electron chi connectivity index (χ4n) is 3.14. The summed E-state index contributed by atoms with van der Waals surface area (Å²) < 4.78 is 0. The van der Waals surface area contributed by atoms with Crippen molar-refractivity contribution in [3.8, 4) is 0 Å². The van der Waals surface area contributed by atoms with Crippen LogP contribution in [0.4, 0.5) is 0 Å². The maximum Gasteiger partial charge on any atom is 0.0408 e. The van der Waals surface area contributed by atoms with Gasteiger partial charge >= 0.3 is 0 Å². The molecule has 0 amide bonds. The molecule has 1 atom stereocenters. The molecule has 1 aromatic carbocycles. The standard InChI is InChI=1S/C16H24ClN/c1-2-18-16(14-7-3-4-8-14)11-10-13-6-5-9-15(17)12-13/h5-6,9,12,14,16,18H,2-4,7-8,10-11H2,1H3. The zero-order chi connectivity index (χ0) is 12.8. The summed E-state index contributed by atoms with van der Waals surface area (Å²) in [6.45, 7) is 3.29. The molecule has 1 unspecified atom stereocenters. The predicted octanol–water partition coefficient (Wildman–Crippen LogP) is 4.44. The maximum atomic E-state index is 6.03. The Morgan fingerprint density at radius 2 is 2.11 bits per heavy atom. The molecule has 0 heterocycles. The minimum absolute atomic E-state index is 0.691. The van der Waals surface area contributed by atoms with E-state index in [-0.39, 0.29) is 0 Å². The highest BCUT2D eigenvalue weighted by atomic mass is 35.5. The second kappa shape index (κ2) is 7.16. The van der Waals surface area contributed by atoms with Gasteiger partial charge in [0.2, 0.25) is 0 Å². The van der Waals surface area contributed by atoms with Gasteiger partial charge in [0.15, 0.2) is 0 Å². The average Bonchev–Trinajstić information content (AvgIpc) is 2.88. The summed E-state index contributed by atoms with van der Waals surface area (Å²) in [5, 5.41) is 4.53. The van der Waals surface area contributed by atoms with Crippen LogP contribution in [0.1, 0.15) is 44.6 Å². The number of hydrogen-bond donors (Lipinski definition) is 1. The van der Waals surface area contributed by atoms with E-state index in [1.54, 1.807) is 0 Å². The van der Waals surface area contributed by atoms with Crippen molar-refractivity contribution in [3.63, 3.8) is 0 Å². The van der Waals surface area contributed by atoms with Crippen molar-refractivity contribution in [1.82, 2.24) is 5.32 Å². The Balaban J connectivity index is 1.88. The Hall–Kier alpha value is -0.530. The highest BCUT2D eigenvalue weighted by Crippen LogP contribution is 2.29. The first-order chi connectivity index (χ1) is 8.79. The maximum absolute atomic E-state index is 6.03. The van der Waals surface area contributed by atoms with Crippen LogP contribution in [0.3, 0.4) is 0 Å². The Morgan fingerprint density at radius 1 is 1.33 bits per heavy atom. The molecule has 18 heavy (non-hydrogen) atoms. The van der Waals surface area contributed by atoms with E-state index in [9.17, 15) is 0 Å². The van der Waals surface area contributed by atoms with Crippen LogP contribution in [-0.2, 0) is 6.42 Å². The van der Waals surface area contributed by atoms with Crippen molar-refractivity contribution in [3.05, 3.63) is 34.9 Å². The molecule has 2 rings (SSSR count). The number of halogens is 1. The summed E-state index contributed by atoms with van der Waals surface area (Å²) in [4.78, 5) is 0. The van der Waals surface area contributed by atoms with Crippen molar-refractivity contribution in [1.29, 1.82) is 0 Å². The summed E-state index contributed by atoms with van der Waals surface area (Å²) in [6, 6.07) is 8.97. The molecule has 1 aromatic rings. The van der Waals surface area contributed by atoms with Crippen LogP contribution >= 0.6 is 11.6 Å². The number of nitrogens with one attached hydrogen (secondary N) is 1. The molecule has 1 nitrogen and oxygen atoms in total. The number of rotatable bonds is 6. The van der Waals surface area contributed by atoms with Crippen molar-refractivity contribution < 1.29 is 0 Å². The third kappa shape index (κ3) is 4.00. The molecule has 1 aliphatic rings. The number of aryl methyl sites for hydroxylation is 1. The van der Waals surface area contributed by atoms with Crippen LogP contribution in [0, 0.1) is 5.92 Å². The SMILES string of the molecule is CCNC(CCc1cccc(Cl)c1)C1CCCC1. The molecule has 0 aromatic heterocycles. The molecule has 0 radical (unpaired) electrons. The predicted molar refractivity (Wildman–Crippen MR) is 79.2 cm³/mol. The zero-order valence-corrected chi connectivity index (χ0v) is 12.0. The lowest BCUT2D eigenvalue weighted by atomic mass is 9.92. The third-order valence-electron chi connectivity index (χ3n) is 4.07. The average molecular weight is 266 g/mol. The highest BCUT2D eigenvalue weighted by molar-refractivity contribution is 6.30. The van der Waals surface area contributed by atoms with Crippen LogP contribution in [0.5, 0.6) is 0 Å². The van der Waals surface area contributed by atoms with Gasteiger partial charge in [-0.2, -0.15) is 0 Å². The van der Waals surface area contributed by atoms with E-state index < -0.39 is 0 Å². The van der Waals surface area contributed by atoms with E-state index in [1.807, 2.05) is 6.07 Å². The van der Waals surface area contributed by atoms with Gasteiger partial charge in [-0.05, 0) is 55.8 Å². The minimum Gasteiger partial charge on any atom is -0.314 e. The van der Waals surface area contributed by atoms with Gasteiger partial charge in [-0.15, -0.1) is 0 Å². The molecule has 0 spiro atoms. The van der Waals surface area contributed by atoms with Crippen LogP contribution in [0.2, 0.25) is 5.02 Å². The molecule has 1 fully saturated rings. The summed E-state index contributed by atoms with van der Waals surface area (Å²) in [6.07, 6.45) is 8.03. The first-order valence-electron chi connectivity index (χ1n) is 7.27. The smallest absolute Gasteiger partial charge is 0.0408 e. The summed E-state index contributed by atoms with van der Waals surface area (Å²) >= 11 is 6.03. The normalized spacial score (nSPS) is 18.1. The Kier molecular flexibility index (Phi) is 5.52. The first-order valence-corrected chi connectivity index (χ1v) is 7.65. The van der Waals surface area contributed by atoms with E-state index in [2.05, 4.69) is 30.4 Å². The van der Waals surface area contributed by atoms with E-state index >= 15 is 0 Å². The van der Waals surface area contributed by atoms with Crippen LogP contribution in [0.15, 0.2) is 24.3 Å². The van der Waals surface area contributed by atoms with Crippen molar-refractivity contribution >= 4 is 11.6 Å². The van der Waals surface area contributed by atoms with Crippen molar-refractivity contribution in [2.45, 2.75) is 51.5 Å². The third-order valence-corrected chi connectivity index (χ3v) is 4.30. The van der Waals surface area contributed by atoms with Gasteiger partial charge in [0.25, 0.3) is 0 Å². The number of hydrogen-bond acceptors (Lipinski definition) is 1. The second-order valence-electron chi connectivity index (χ2n) is 5.38. The minimum atomic E-state index is 0.691. The lowest BCUT2D eigenvalue weighted by Gasteiger charge is -2.24. The fraction of sp³-hybridized carbons (Fsp3) is 0.625. The van der Waals surface area contributed by atoms with E-state index in [1.165, 1.54) is 37.7 Å². The monoisotopic (exact) mass is 265 g/mol. The summed E-state index contributed by atoms with van der Waals surface area (Å²) in [7, 11) is 0. The Labute approximate surface area is 116 Å². The molecular weight excluding hydrogens is 242 g/mol. The van der Waals surface area contributed by atoms with Gasteiger partial charge in [0, 0.05) is 11.1 Å². The molecule has 100 valence electrons. The Bertz CT molecular complexity index is 358. The summed E-state index contributed by atoms with van der Waals surface area (Å²) in [5.74, 6) is 0.893. The topological polar surface area (TPSA) is 12.0 Å². The van der Waals surface area contributed by atoms with Gasteiger partial charge in [-0.3, -0.25) is 0 Å². The molecule has 1 aliphatic carbocycles. The largest absolute Gasteiger partial charge is 0.314 e. The molecule has 2 heteroatoms. The molecule has 0 bridgehead atoms. The van der Waals surface area contributed by atoms with Crippen molar-refractivity contribution in [2.24, 2.45) is 5.92 Å². The molecule has 0 saturated heterocycles. The molecule has 1 N–H and O–H groups in total. The van der Waals surface area contributed by atoms with Gasteiger partial charge in [0.1, 0.15) is 0 Å². The van der Waals surface area contributed by atoms with E-state index in [0.29, 0.717) is 6.04 Å². The second-order valence-corrected chi connectivity index (χ2v) is 5.81. The lowest BCUT2D eigenvalue weighted by Crippen LogP contribution is -2.35. The quantitative estimate of drug-likeness (QED) is 0.802. The van der Waals surface area contributed by atoms with Crippen LogP contribution in [-0.4, -0.2) is 12.6 Å². The number of benzene rings is 1. The van der Waals surface area contributed by atoms with Crippen LogP contribution in [0.25, 0.3) is 0 Å². The van der Waals surface area contributed by atoms with Crippen LogP contribution < -0.4 is 5.32 Å². The fourth-order valence-corrected chi connectivity index (χ4v) is 3.35. The van der Waals surface area contributed by atoms with E-state index in [0.717, 1.165) is 23.9 Å². The van der Waals surface area contributed by atoms with Gasteiger partial charge < -0.3 is 5.32 Å². The Morgan fingerprint density at radius 3 is 2.78 bits per heavy atom. The lowest BCUT2D eigenvalue weighted by molar-refractivity contribution is 0.346. The molecule has 1 saturated carbocycles. The highest BCUT2D eigenvalue weighted by Gasteiger charge is 2.23. The van der Waals surface area contributed by atoms with Gasteiger partial charge in [-0.25, -0.2) is 0 Å². The zero-order valence-electron chi connectivity index (χ0n) is 11.3. The van der Waals surface area contributed by atoms with E-state index in [4.69, 9.17) is 11.6 Å². The first kappa shape index (κ1) is 13.9. The van der Waals surface area contributed by atoms with Gasteiger partial charge in [-0.1, -0.05) is 43.5 Å². The molecular formula is C16H24ClN. The molecule has 0 aliphatic heterocycles.